The summed E-state index contributed by atoms with van der Waals surface area (Å²) in [6, 6.07) is 14.0. The predicted octanol–water partition coefficient (Wildman–Crippen LogP) is 2.67. The molecule has 0 spiro atoms. The first-order chi connectivity index (χ1) is 10.6. The van der Waals surface area contributed by atoms with Crippen molar-refractivity contribution in [1.29, 1.82) is 0 Å². The maximum Gasteiger partial charge on any atom is 0.354 e. The number of carboxylic acid groups (broad SMARTS) is 1. The standard InChI is InChI=1S/C16H11FN2O3/c17-11-6-4-5-10(9-11)14-13(15(20)21)18-16(22)19(14)12-7-2-1-3-8-12/h1-9H,(H,18,22)(H,20,21). The van der Waals surface area contributed by atoms with E-state index in [2.05, 4.69) is 4.98 Å². The summed E-state index contributed by atoms with van der Waals surface area (Å²) in [4.78, 5) is 25.9. The topological polar surface area (TPSA) is 75.1 Å². The third-order valence-electron chi connectivity index (χ3n) is 3.22. The fourth-order valence-corrected chi connectivity index (χ4v) is 2.32. The average molecular weight is 298 g/mol. The van der Waals surface area contributed by atoms with Gasteiger partial charge in [0, 0.05) is 5.56 Å². The Morgan fingerprint density at radius 3 is 2.45 bits per heavy atom. The summed E-state index contributed by atoms with van der Waals surface area (Å²) in [6.45, 7) is 0. The van der Waals surface area contributed by atoms with Crippen molar-refractivity contribution in [3.05, 3.63) is 76.6 Å². The summed E-state index contributed by atoms with van der Waals surface area (Å²) >= 11 is 0. The van der Waals surface area contributed by atoms with Crippen molar-refractivity contribution in [1.82, 2.24) is 9.55 Å². The molecule has 1 heterocycles. The minimum Gasteiger partial charge on any atom is -0.477 e. The van der Waals surface area contributed by atoms with Crippen LogP contribution in [-0.4, -0.2) is 20.6 Å². The number of halogens is 1. The Labute approximate surface area is 124 Å². The maximum atomic E-state index is 13.5. The van der Waals surface area contributed by atoms with Crippen LogP contribution in [0.5, 0.6) is 0 Å². The third-order valence-corrected chi connectivity index (χ3v) is 3.22. The molecule has 0 aliphatic carbocycles. The van der Waals surface area contributed by atoms with Gasteiger partial charge in [-0.3, -0.25) is 9.55 Å². The van der Waals surface area contributed by atoms with Gasteiger partial charge in [-0.15, -0.1) is 0 Å². The van der Waals surface area contributed by atoms with E-state index in [-0.39, 0.29) is 11.4 Å². The third kappa shape index (κ3) is 2.31. The Balaban J connectivity index is 2.36. The molecule has 0 fully saturated rings. The molecule has 3 aromatic rings. The highest BCUT2D eigenvalue weighted by atomic mass is 19.1. The fraction of sp³-hybridized carbons (Fsp3) is 0. The van der Waals surface area contributed by atoms with Crippen molar-refractivity contribution in [2.75, 3.05) is 0 Å². The molecule has 0 atom stereocenters. The molecule has 1 aromatic heterocycles. The van der Waals surface area contributed by atoms with E-state index in [0.717, 1.165) is 0 Å². The molecule has 0 bridgehead atoms. The van der Waals surface area contributed by atoms with Crippen molar-refractivity contribution in [3.8, 4) is 16.9 Å². The average Bonchev–Trinajstić information content (AvgIpc) is 2.86. The summed E-state index contributed by atoms with van der Waals surface area (Å²) < 4.78 is 14.7. The van der Waals surface area contributed by atoms with Gasteiger partial charge in [0.2, 0.25) is 0 Å². The molecule has 22 heavy (non-hydrogen) atoms. The summed E-state index contributed by atoms with van der Waals surface area (Å²) in [6.07, 6.45) is 0. The van der Waals surface area contributed by atoms with Crippen molar-refractivity contribution < 1.29 is 14.3 Å². The van der Waals surface area contributed by atoms with Gasteiger partial charge in [0.05, 0.1) is 11.4 Å². The maximum absolute atomic E-state index is 13.5. The number of aromatic carboxylic acids is 1. The normalized spacial score (nSPS) is 10.6. The minimum absolute atomic E-state index is 0.114. The van der Waals surface area contributed by atoms with E-state index in [1.54, 1.807) is 36.4 Å². The molecule has 2 N–H and O–H groups in total. The number of H-pyrrole nitrogens is 1. The number of aromatic amines is 1. The second-order valence-corrected chi connectivity index (χ2v) is 4.64. The van der Waals surface area contributed by atoms with Crippen LogP contribution in [-0.2, 0) is 0 Å². The second kappa shape index (κ2) is 5.33. The highest BCUT2D eigenvalue weighted by Gasteiger charge is 2.22. The van der Waals surface area contributed by atoms with Crippen LogP contribution in [0.3, 0.4) is 0 Å². The Hall–Kier alpha value is -3.15. The number of rotatable bonds is 3. The number of hydrogen-bond acceptors (Lipinski definition) is 2. The molecule has 0 saturated carbocycles. The van der Waals surface area contributed by atoms with Crippen LogP contribution >= 0.6 is 0 Å². The van der Waals surface area contributed by atoms with Crippen LogP contribution < -0.4 is 5.69 Å². The van der Waals surface area contributed by atoms with Gasteiger partial charge in [-0.25, -0.2) is 14.0 Å². The molecule has 0 radical (unpaired) electrons. The fourth-order valence-electron chi connectivity index (χ4n) is 2.32. The summed E-state index contributed by atoms with van der Waals surface area (Å²) in [5, 5.41) is 9.30. The lowest BCUT2D eigenvalue weighted by atomic mass is 10.1. The quantitative estimate of drug-likeness (QED) is 0.780. The smallest absolute Gasteiger partial charge is 0.354 e. The van der Waals surface area contributed by atoms with Gasteiger partial charge in [-0.2, -0.15) is 0 Å². The molecule has 5 nitrogen and oxygen atoms in total. The molecule has 0 amide bonds. The van der Waals surface area contributed by atoms with E-state index in [1.807, 2.05) is 0 Å². The number of benzene rings is 2. The van der Waals surface area contributed by atoms with Crippen LogP contribution in [0.4, 0.5) is 4.39 Å². The van der Waals surface area contributed by atoms with E-state index in [0.29, 0.717) is 11.3 Å². The molecule has 2 aromatic carbocycles. The largest absolute Gasteiger partial charge is 0.477 e. The number of imidazole rings is 1. The van der Waals surface area contributed by atoms with Gasteiger partial charge in [0.15, 0.2) is 5.69 Å². The highest BCUT2D eigenvalue weighted by Crippen LogP contribution is 2.25. The zero-order valence-electron chi connectivity index (χ0n) is 11.3. The summed E-state index contributed by atoms with van der Waals surface area (Å²) in [5.41, 5.74) is 0.0422. The molecular formula is C16H11FN2O3. The van der Waals surface area contributed by atoms with E-state index in [9.17, 15) is 19.1 Å². The van der Waals surface area contributed by atoms with Gasteiger partial charge in [-0.1, -0.05) is 30.3 Å². The molecule has 0 aliphatic heterocycles. The minimum atomic E-state index is -1.29. The lowest BCUT2D eigenvalue weighted by Gasteiger charge is -2.08. The Morgan fingerprint density at radius 1 is 1.09 bits per heavy atom. The van der Waals surface area contributed by atoms with Gasteiger partial charge in [0.1, 0.15) is 5.82 Å². The Kier molecular flexibility index (Phi) is 3.34. The molecule has 0 unspecified atom stereocenters. The Morgan fingerprint density at radius 2 is 1.82 bits per heavy atom. The van der Waals surface area contributed by atoms with E-state index >= 15 is 0 Å². The van der Waals surface area contributed by atoms with Gasteiger partial charge < -0.3 is 5.11 Å². The highest BCUT2D eigenvalue weighted by molar-refractivity contribution is 5.93. The molecule has 6 heteroatoms. The lowest BCUT2D eigenvalue weighted by molar-refractivity contribution is 0.0692. The van der Waals surface area contributed by atoms with Crippen molar-refractivity contribution in [2.24, 2.45) is 0 Å². The molecule has 0 saturated heterocycles. The first kappa shape index (κ1) is 13.8. The van der Waals surface area contributed by atoms with Crippen LogP contribution in [0.25, 0.3) is 16.9 Å². The van der Waals surface area contributed by atoms with Crippen molar-refractivity contribution >= 4 is 5.97 Å². The van der Waals surface area contributed by atoms with Crippen LogP contribution in [0, 0.1) is 5.82 Å². The molecule has 110 valence electrons. The number of carboxylic acids is 1. The van der Waals surface area contributed by atoms with Crippen molar-refractivity contribution in [2.45, 2.75) is 0 Å². The first-order valence-corrected chi connectivity index (χ1v) is 6.47. The molecule has 3 rings (SSSR count). The van der Waals surface area contributed by atoms with E-state index in [1.165, 1.54) is 22.8 Å². The molecule has 0 aliphatic rings. The molecular weight excluding hydrogens is 287 g/mol. The Bertz CT molecular complexity index is 897. The number of carbonyl (C=O) groups is 1. The lowest BCUT2D eigenvalue weighted by Crippen LogP contribution is -2.15. The predicted molar refractivity (Wildman–Crippen MR) is 78.7 cm³/mol. The zero-order chi connectivity index (χ0) is 15.7. The van der Waals surface area contributed by atoms with Crippen molar-refractivity contribution in [3.63, 3.8) is 0 Å². The number of nitrogens with zero attached hydrogens (tertiary/aromatic N) is 1. The van der Waals surface area contributed by atoms with Gasteiger partial charge >= 0.3 is 11.7 Å². The van der Waals surface area contributed by atoms with Gasteiger partial charge in [0.25, 0.3) is 0 Å². The van der Waals surface area contributed by atoms with E-state index < -0.39 is 17.5 Å². The van der Waals surface area contributed by atoms with Crippen LogP contribution in [0.15, 0.2) is 59.4 Å². The van der Waals surface area contributed by atoms with Gasteiger partial charge in [-0.05, 0) is 24.3 Å². The van der Waals surface area contributed by atoms with Crippen LogP contribution in [0.1, 0.15) is 10.5 Å². The first-order valence-electron chi connectivity index (χ1n) is 6.47. The zero-order valence-corrected chi connectivity index (χ0v) is 11.3. The van der Waals surface area contributed by atoms with E-state index in [4.69, 9.17) is 0 Å². The SMILES string of the molecule is O=C(O)c1[nH]c(=O)n(-c2ccccc2)c1-c1cccc(F)c1. The second-order valence-electron chi connectivity index (χ2n) is 4.64. The monoisotopic (exact) mass is 298 g/mol. The number of nitrogens with one attached hydrogen (secondary N) is 1. The summed E-state index contributed by atoms with van der Waals surface area (Å²) in [5.74, 6) is -1.80. The number of aromatic nitrogens is 2. The van der Waals surface area contributed by atoms with Crippen LogP contribution in [0.2, 0.25) is 0 Å². The summed E-state index contributed by atoms with van der Waals surface area (Å²) in [7, 11) is 0. The number of hydrogen-bond donors (Lipinski definition) is 2. The number of para-hydroxylation sites is 1.